The summed E-state index contributed by atoms with van der Waals surface area (Å²) in [4.78, 5) is 0. The maximum Gasteiger partial charge on any atom is 0 e. The van der Waals surface area contributed by atoms with Crippen LogP contribution in [0.5, 0.6) is 0 Å². The van der Waals surface area contributed by atoms with E-state index in [2.05, 4.69) is 0 Å². The molecule has 0 bridgehead atoms. The molecule has 3 saturated carbocycles. The van der Waals surface area contributed by atoms with Gasteiger partial charge in [-0.1, -0.05) is 311 Å². The van der Waals surface area contributed by atoms with Gasteiger partial charge in [0.25, 0.3) is 0 Å². The fraction of sp³-hybridized carbons (Fsp3) is 1.00. The summed E-state index contributed by atoms with van der Waals surface area (Å²) in [5.41, 5.74) is 0. The third kappa shape index (κ3) is 89.5. The molecule has 3 aliphatic rings. The second-order valence-electron chi connectivity index (χ2n) is 7.77. The first kappa shape index (κ1) is 98.8. The van der Waals surface area contributed by atoms with Crippen molar-refractivity contribution in [2.24, 2.45) is 23.7 Å². The third-order valence-corrected chi connectivity index (χ3v) is 6.58. The molecule has 0 aromatic carbocycles. The summed E-state index contributed by atoms with van der Waals surface area (Å²) in [6, 6.07) is 0. The standard InChI is InChI=1S/C19H34.15C2H6.CH4.Y/c1-4-10-16(11-5-1)19(17-12-6-2-7-13-17)18-14-8-3-9-15-18;15*1-2;;/h16-19H,1-15H2;15*1-2H3;1H4;. The zero-order chi connectivity index (χ0) is 42.9. The quantitative estimate of drug-likeness (QED) is 0.266. The van der Waals surface area contributed by atoms with Gasteiger partial charge in [-0.05, 0) is 23.7 Å². The molecular weight excluding hydrogens is 689 g/mol. The second kappa shape index (κ2) is 162. The van der Waals surface area contributed by atoms with Crippen molar-refractivity contribution in [3.63, 3.8) is 0 Å². The molecule has 51 heavy (non-hydrogen) atoms. The Hall–Kier alpha value is 1.10. The Morgan fingerprint density at radius 3 is 0.412 bits per heavy atom. The van der Waals surface area contributed by atoms with Crippen LogP contribution in [-0.4, -0.2) is 0 Å². The van der Waals surface area contributed by atoms with Gasteiger partial charge >= 0.3 is 0 Å². The fourth-order valence-corrected chi connectivity index (χ4v) is 5.71. The molecule has 3 aliphatic carbocycles. The smallest absolute Gasteiger partial charge is 0 e. The number of hydrogen-bond acceptors (Lipinski definition) is 0. The van der Waals surface area contributed by atoms with Crippen molar-refractivity contribution in [2.75, 3.05) is 0 Å². The SMILES string of the molecule is C.C1CCC(C(C2CCCCC2)C2CCCCC2)CC1.CC.CC.CC.CC.CC.CC.CC.CC.CC.CC.CC.CC.CC.CC.CC.[Y]. The van der Waals surface area contributed by atoms with Crippen LogP contribution >= 0.6 is 0 Å². The molecule has 0 unspecified atom stereocenters. The minimum Gasteiger partial charge on any atom is -0.0776 e. The molecule has 0 saturated heterocycles. The minimum absolute atomic E-state index is 0. The van der Waals surface area contributed by atoms with Crippen LogP contribution in [-0.2, 0) is 32.7 Å². The van der Waals surface area contributed by atoms with Crippen molar-refractivity contribution in [2.45, 2.75) is 311 Å². The summed E-state index contributed by atoms with van der Waals surface area (Å²) < 4.78 is 0. The monoisotopic (exact) mass is 818 g/mol. The average molecular weight is 818 g/mol. The van der Waals surface area contributed by atoms with Crippen molar-refractivity contribution >= 4 is 0 Å². The summed E-state index contributed by atoms with van der Waals surface area (Å²) in [7, 11) is 0. The first-order chi connectivity index (χ1) is 24.4. The third-order valence-electron chi connectivity index (χ3n) is 6.58. The first-order valence-electron chi connectivity index (χ1n) is 24.4. The van der Waals surface area contributed by atoms with Crippen LogP contribution in [0, 0.1) is 23.7 Å². The van der Waals surface area contributed by atoms with Crippen LogP contribution in [0.2, 0.25) is 0 Å². The largest absolute Gasteiger partial charge is 0.0776 e. The molecule has 0 aliphatic heterocycles. The number of hydrogen-bond donors (Lipinski definition) is 0. The van der Waals surface area contributed by atoms with Crippen LogP contribution < -0.4 is 0 Å². The van der Waals surface area contributed by atoms with E-state index < -0.39 is 0 Å². The molecule has 0 N–H and O–H groups in total. The summed E-state index contributed by atoms with van der Waals surface area (Å²) in [5.74, 6) is 4.51. The number of rotatable bonds is 3. The van der Waals surface area contributed by atoms with Crippen molar-refractivity contribution in [3.05, 3.63) is 0 Å². The van der Waals surface area contributed by atoms with E-state index in [0.29, 0.717) is 0 Å². The van der Waals surface area contributed by atoms with Gasteiger partial charge in [-0.15, -0.1) is 0 Å². The van der Waals surface area contributed by atoms with Crippen molar-refractivity contribution in [1.82, 2.24) is 0 Å². The Kier molecular flexibility index (Phi) is 315. The average Bonchev–Trinajstić information content (AvgIpc) is 3.30. The molecule has 0 aromatic heterocycles. The van der Waals surface area contributed by atoms with Gasteiger partial charge in [-0.2, -0.15) is 0 Å². The molecule has 0 nitrogen and oxygen atoms in total. The summed E-state index contributed by atoms with van der Waals surface area (Å²) in [5, 5.41) is 0. The van der Waals surface area contributed by atoms with Gasteiger partial charge in [0.05, 0.1) is 0 Å². The van der Waals surface area contributed by atoms with E-state index in [9.17, 15) is 0 Å². The Balaban J connectivity index is -0.0000000267. The van der Waals surface area contributed by atoms with Gasteiger partial charge in [-0.25, -0.2) is 0 Å². The van der Waals surface area contributed by atoms with Crippen molar-refractivity contribution < 1.29 is 32.7 Å². The van der Waals surface area contributed by atoms with Crippen LogP contribution in [0.3, 0.4) is 0 Å². The molecule has 0 aromatic rings. The van der Waals surface area contributed by atoms with E-state index in [1.165, 1.54) is 19.3 Å². The van der Waals surface area contributed by atoms with Gasteiger partial charge in [0.15, 0.2) is 0 Å². The molecule has 0 atom stereocenters. The molecule has 3 fully saturated rings. The molecule has 1 heteroatoms. The summed E-state index contributed by atoms with van der Waals surface area (Å²) in [6.07, 6.45) is 23.3. The van der Waals surface area contributed by atoms with Gasteiger partial charge in [0.2, 0.25) is 0 Å². The molecule has 3 rings (SSSR count). The van der Waals surface area contributed by atoms with Gasteiger partial charge in [0.1, 0.15) is 0 Å². The van der Waals surface area contributed by atoms with E-state index in [4.69, 9.17) is 0 Å². The van der Waals surface area contributed by atoms with Crippen LogP contribution in [0.1, 0.15) is 311 Å². The predicted molar refractivity (Wildman–Crippen MR) is 260 cm³/mol. The van der Waals surface area contributed by atoms with Crippen molar-refractivity contribution in [1.29, 1.82) is 0 Å². The molecule has 0 heterocycles. The zero-order valence-electron chi connectivity index (χ0n) is 43.5. The van der Waals surface area contributed by atoms with Gasteiger partial charge in [-0.3, -0.25) is 0 Å². The van der Waals surface area contributed by atoms with Crippen LogP contribution in [0.15, 0.2) is 0 Å². The predicted octanol–water partition coefficient (Wildman–Crippen LogP) is 22.4. The Morgan fingerprint density at radius 2 is 0.314 bits per heavy atom. The van der Waals surface area contributed by atoms with E-state index in [1.54, 1.807) is 77.0 Å². The van der Waals surface area contributed by atoms with Crippen LogP contribution in [0.25, 0.3) is 0 Å². The maximum atomic E-state index is 2.00. The Bertz CT molecular complexity index is 203. The normalized spacial score (nSPS) is 12.5. The van der Waals surface area contributed by atoms with E-state index in [-0.39, 0.29) is 40.1 Å². The zero-order valence-corrected chi connectivity index (χ0v) is 46.3. The molecule has 1 radical (unpaired) electrons. The fourth-order valence-electron chi connectivity index (χ4n) is 5.71. The molecule has 331 valence electrons. The minimum atomic E-state index is 0. The second-order valence-corrected chi connectivity index (χ2v) is 7.77. The molecule has 0 spiro atoms. The van der Waals surface area contributed by atoms with E-state index in [0.717, 1.165) is 23.7 Å². The topological polar surface area (TPSA) is 0 Å². The maximum absolute atomic E-state index is 2.00. The van der Waals surface area contributed by atoms with Gasteiger partial charge < -0.3 is 0 Å². The molecule has 0 amide bonds. The molecular formula is C50H128Y. The van der Waals surface area contributed by atoms with Crippen molar-refractivity contribution in [3.8, 4) is 0 Å². The van der Waals surface area contributed by atoms with E-state index >= 15 is 0 Å². The van der Waals surface area contributed by atoms with Crippen LogP contribution in [0.4, 0.5) is 0 Å². The Morgan fingerprint density at radius 1 is 0.216 bits per heavy atom. The van der Waals surface area contributed by atoms with E-state index in [1.807, 2.05) is 208 Å². The van der Waals surface area contributed by atoms with Gasteiger partial charge in [0, 0.05) is 32.7 Å². The summed E-state index contributed by atoms with van der Waals surface area (Å²) in [6.45, 7) is 60.0. The first-order valence-corrected chi connectivity index (χ1v) is 24.4. The Labute approximate surface area is 365 Å². The summed E-state index contributed by atoms with van der Waals surface area (Å²) >= 11 is 0.